The van der Waals surface area contributed by atoms with E-state index in [0.717, 1.165) is 31.6 Å². The number of nitrogens with one attached hydrogen (secondary N) is 1. The van der Waals surface area contributed by atoms with Crippen molar-refractivity contribution in [2.75, 3.05) is 24.5 Å². The Morgan fingerprint density at radius 3 is 2.43 bits per heavy atom. The largest absolute Gasteiger partial charge is 0.444 e. The zero-order valence-corrected chi connectivity index (χ0v) is 16.2. The molecule has 1 fully saturated rings. The number of nitro groups is 1. The van der Waals surface area contributed by atoms with Gasteiger partial charge in [-0.3, -0.25) is 14.9 Å². The summed E-state index contributed by atoms with van der Waals surface area (Å²) in [6, 6.07) is 6.48. The minimum absolute atomic E-state index is 0.0282. The van der Waals surface area contributed by atoms with Crippen LogP contribution in [0.1, 0.15) is 39.2 Å². The van der Waals surface area contributed by atoms with Crippen LogP contribution in [-0.4, -0.2) is 42.2 Å². The first kappa shape index (κ1) is 22.7. The van der Waals surface area contributed by atoms with Crippen molar-refractivity contribution < 1.29 is 19.2 Å². The van der Waals surface area contributed by atoms with Gasteiger partial charge >= 0.3 is 6.09 Å². The number of amides is 2. The third kappa shape index (κ3) is 7.90. The van der Waals surface area contributed by atoms with Gasteiger partial charge in [0.1, 0.15) is 11.7 Å². The van der Waals surface area contributed by atoms with Gasteiger partial charge in [0.25, 0.3) is 5.69 Å². The van der Waals surface area contributed by atoms with Crippen molar-refractivity contribution in [1.29, 1.82) is 5.26 Å². The predicted molar refractivity (Wildman–Crippen MR) is 103 cm³/mol. The summed E-state index contributed by atoms with van der Waals surface area (Å²) in [7, 11) is 0. The maximum Gasteiger partial charge on any atom is 0.408 e. The van der Waals surface area contributed by atoms with Crippen molar-refractivity contribution in [3.05, 3.63) is 33.9 Å². The second kappa shape index (κ2) is 10.1. The fourth-order valence-corrected chi connectivity index (χ4v) is 2.43. The number of non-ortho nitro benzene ring substituents is 1. The Balaban J connectivity index is 0.000000295. The van der Waals surface area contributed by atoms with Gasteiger partial charge in [-0.05, 0) is 39.7 Å². The highest BCUT2D eigenvalue weighted by Gasteiger charge is 2.18. The Labute approximate surface area is 163 Å². The van der Waals surface area contributed by atoms with Crippen LogP contribution in [0.2, 0.25) is 0 Å². The van der Waals surface area contributed by atoms with Crippen molar-refractivity contribution in [2.24, 2.45) is 5.73 Å². The van der Waals surface area contributed by atoms with Crippen LogP contribution in [0.15, 0.2) is 18.2 Å². The third-order valence-electron chi connectivity index (χ3n) is 3.56. The standard InChI is InChI=1S/C11H11N3O2.C7H14N2O3/c12-8-9-7-10(14(15)16)3-4-11(9)13-5-1-2-6-13;1-7(2,3)12-6(11)9-4-5(8)10/h3-4,7H,1-2,5-6H2;4H2,1-3H3,(H2,8,10)(H,9,11). The molecule has 0 spiro atoms. The van der Waals surface area contributed by atoms with Gasteiger partial charge in [0.05, 0.1) is 22.7 Å². The highest BCUT2D eigenvalue weighted by Crippen LogP contribution is 2.27. The van der Waals surface area contributed by atoms with E-state index in [0.29, 0.717) is 5.56 Å². The van der Waals surface area contributed by atoms with Crippen molar-refractivity contribution in [3.8, 4) is 6.07 Å². The number of carbonyl (C=O) groups is 2. The van der Waals surface area contributed by atoms with E-state index < -0.39 is 22.5 Å². The number of benzene rings is 1. The summed E-state index contributed by atoms with van der Waals surface area (Å²) in [5.41, 5.74) is 5.41. The van der Waals surface area contributed by atoms with E-state index >= 15 is 0 Å². The van der Waals surface area contributed by atoms with E-state index in [1.54, 1.807) is 26.8 Å². The molecule has 3 N–H and O–H groups in total. The molecule has 0 bridgehead atoms. The third-order valence-corrected chi connectivity index (χ3v) is 3.56. The summed E-state index contributed by atoms with van der Waals surface area (Å²) in [4.78, 5) is 33.2. The van der Waals surface area contributed by atoms with Crippen LogP contribution in [-0.2, 0) is 9.53 Å². The van der Waals surface area contributed by atoms with Crippen molar-refractivity contribution >= 4 is 23.4 Å². The molecule has 0 aliphatic carbocycles. The number of nitro benzene ring substituents is 1. The van der Waals surface area contributed by atoms with Gasteiger partial charge in [0, 0.05) is 25.2 Å². The fraction of sp³-hybridized carbons (Fsp3) is 0.500. The summed E-state index contributed by atoms with van der Waals surface area (Å²) in [5.74, 6) is -0.596. The Hall–Kier alpha value is -3.35. The average molecular weight is 391 g/mol. The molecule has 1 aliphatic rings. The van der Waals surface area contributed by atoms with E-state index in [2.05, 4.69) is 10.2 Å². The van der Waals surface area contributed by atoms with Crippen molar-refractivity contribution in [1.82, 2.24) is 5.32 Å². The number of primary amides is 1. The fourth-order valence-electron chi connectivity index (χ4n) is 2.43. The number of nitriles is 1. The highest BCUT2D eigenvalue weighted by atomic mass is 16.6. The summed E-state index contributed by atoms with van der Waals surface area (Å²) in [6.45, 7) is 6.85. The molecular weight excluding hydrogens is 366 g/mol. The molecule has 28 heavy (non-hydrogen) atoms. The molecule has 2 rings (SSSR count). The Morgan fingerprint density at radius 2 is 1.96 bits per heavy atom. The van der Waals surface area contributed by atoms with Gasteiger partial charge in [-0.1, -0.05) is 0 Å². The molecule has 10 nitrogen and oxygen atoms in total. The Bertz CT molecular complexity index is 761. The molecule has 1 aromatic carbocycles. The maximum atomic E-state index is 10.8. The first-order valence-electron chi connectivity index (χ1n) is 8.72. The van der Waals surface area contributed by atoms with E-state index in [9.17, 15) is 19.7 Å². The minimum Gasteiger partial charge on any atom is -0.444 e. The normalized spacial score (nSPS) is 13.0. The van der Waals surface area contributed by atoms with Crippen molar-refractivity contribution in [3.63, 3.8) is 0 Å². The van der Waals surface area contributed by atoms with Gasteiger partial charge in [0.2, 0.25) is 5.91 Å². The molecule has 1 aromatic rings. The zero-order valence-electron chi connectivity index (χ0n) is 16.2. The van der Waals surface area contributed by atoms with Gasteiger partial charge in [0.15, 0.2) is 0 Å². The molecule has 0 aromatic heterocycles. The summed E-state index contributed by atoms with van der Waals surface area (Å²) >= 11 is 0. The quantitative estimate of drug-likeness (QED) is 0.588. The lowest BCUT2D eigenvalue weighted by molar-refractivity contribution is -0.384. The smallest absolute Gasteiger partial charge is 0.408 e. The second-order valence-electron chi connectivity index (χ2n) is 7.09. The number of nitrogens with zero attached hydrogens (tertiary/aromatic N) is 3. The molecule has 2 amide bonds. The molecule has 1 heterocycles. The predicted octanol–water partition coefficient (Wildman–Crippen LogP) is 2.06. The highest BCUT2D eigenvalue weighted by molar-refractivity contribution is 5.80. The summed E-state index contributed by atoms with van der Waals surface area (Å²) in [5, 5.41) is 21.8. The summed E-state index contributed by atoms with van der Waals surface area (Å²) in [6.07, 6.45) is 1.59. The van der Waals surface area contributed by atoms with Crippen LogP contribution in [0.25, 0.3) is 0 Å². The first-order chi connectivity index (χ1) is 13.0. The second-order valence-corrected chi connectivity index (χ2v) is 7.09. The number of hydrogen-bond donors (Lipinski definition) is 2. The van der Waals surface area contributed by atoms with Crippen LogP contribution in [0, 0.1) is 21.4 Å². The molecular formula is C18H25N5O5. The molecule has 152 valence electrons. The molecule has 1 aliphatic heterocycles. The van der Waals surface area contributed by atoms with Gasteiger partial charge in [-0.15, -0.1) is 0 Å². The summed E-state index contributed by atoms with van der Waals surface area (Å²) < 4.78 is 4.83. The number of hydrogen-bond acceptors (Lipinski definition) is 7. The van der Waals surface area contributed by atoms with Gasteiger partial charge in [-0.2, -0.15) is 5.26 Å². The Kier molecular flexibility index (Phi) is 8.19. The minimum atomic E-state index is -0.638. The van der Waals surface area contributed by atoms with E-state index in [1.807, 2.05) is 6.07 Å². The topological polar surface area (TPSA) is 152 Å². The zero-order chi connectivity index (χ0) is 21.3. The van der Waals surface area contributed by atoms with E-state index in [1.165, 1.54) is 12.1 Å². The molecule has 0 unspecified atom stereocenters. The lowest BCUT2D eigenvalue weighted by Crippen LogP contribution is -2.37. The van der Waals surface area contributed by atoms with Gasteiger partial charge < -0.3 is 20.7 Å². The maximum absolute atomic E-state index is 10.8. The number of rotatable bonds is 4. The SMILES string of the molecule is CC(C)(C)OC(=O)NCC(N)=O.N#Cc1cc([N+](=O)[O-])ccc1N1CCCC1. The van der Waals surface area contributed by atoms with Crippen LogP contribution >= 0.6 is 0 Å². The monoisotopic (exact) mass is 391 g/mol. The van der Waals surface area contributed by atoms with E-state index in [4.69, 9.17) is 15.7 Å². The first-order valence-corrected chi connectivity index (χ1v) is 8.72. The van der Waals surface area contributed by atoms with Crippen molar-refractivity contribution in [2.45, 2.75) is 39.2 Å². The molecule has 0 saturated carbocycles. The molecule has 0 radical (unpaired) electrons. The van der Waals surface area contributed by atoms with Crippen LogP contribution in [0.4, 0.5) is 16.2 Å². The van der Waals surface area contributed by atoms with Crippen LogP contribution in [0.3, 0.4) is 0 Å². The number of carbonyl (C=O) groups excluding carboxylic acids is 2. The number of ether oxygens (including phenoxy) is 1. The van der Waals surface area contributed by atoms with Crippen LogP contribution in [0.5, 0.6) is 0 Å². The van der Waals surface area contributed by atoms with Crippen LogP contribution < -0.4 is 16.0 Å². The molecule has 1 saturated heterocycles. The lowest BCUT2D eigenvalue weighted by atomic mass is 10.1. The number of nitrogens with two attached hydrogens (primary N) is 1. The number of alkyl carbamates (subject to hydrolysis) is 1. The Morgan fingerprint density at radius 1 is 1.36 bits per heavy atom. The molecule has 0 atom stereocenters. The average Bonchev–Trinajstić information content (AvgIpc) is 3.13. The van der Waals surface area contributed by atoms with Gasteiger partial charge in [-0.25, -0.2) is 4.79 Å². The number of anilines is 1. The lowest BCUT2D eigenvalue weighted by Gasteiger charge is -2.19. The molecule has 10 heteroatoms. The van der Waals surface area contributed by atoms with E-state index in [-0.39, 0.29) is 12.2 Å².